The minimum atomic E-state index is -2.89. The maximum absolute atomic E-state index is 12.8. The quantitative estimate of drug-likeness (QED) is 0.812. The third-order valence-corrected chi connectivity index (χ3v) is 1.91. The Morgan fingerprint density at radius 1 is 1.36 bits per heavy atom. The van der Waals surface area contributed by atoms with Crippen LogP contribution in [0.3, 0.4) is 0 Å². The zero-order chi connectivity index (χ0) is 10.9. The first-order valence-corrected chi connectivity index (χ1v) is 4.03. The van der Waals surface area contributed by atoms with E-state index in [1.54, 1.807) is 0 Å². The molecule has 0 aliphatic carbocycles. The van der Waals surface area contributed by atoms with Gasteiger partial charge in [-0.25, -0.2) is 13.2 Å². The lowest BCUT2D eigenvalue weighted by Gasteiger charge is -2.13. The van der Waals surface area contributed by atoms with Gasteiger partial charge in [-0.2, -0.15) is 0 Å². The summed E-state index contributed by atoms with van der Waals surface area (Å²) in [6.07, 6.45) is -2.89. The lowest BCUT2D eigenvalue weighted by molar-refractivity contribution is 0.115. The van der Waals surface area contributed by atoms with Gasteiger partial charge in [0.25, 0.3) is 6.43 Å². The van der Waals surface area contributed by atoms with Crippen molar-refractivity contribution in [2.75, 3.05) is 0 Å². The maximum atomic E-state index is 12.8. The highest BCUT2D eigenvalue weighted by atomic mass is 35.5. The van der Waals surface area contributed by atoms with Crippen molar-refractivity contribution >= 4 is 11.6 Å². The fraction of sp³-hybridized carbons (Fsp3) is 0.250. The number of hydrogen-bond donors (Lipinski definition) is 2. The van der Waals surface area contributed by atoms with Crippen molar-refractivity contribution in [2.45, 2.75) is 12.5 Å². The summed E-state index contributed by atoms with van der Waals surface area (Å²) < 4.78 is 37.1. The number of hydrogen-bond acceptors (Lipinski definition) is 2. The van der Waals surface area contributed by atoms with Crippen LogP contribution in [0.5, 0.6) is 5.75 Å². The minimum Gasteiger partial charge on any atom is -0.505 e. The number of halogens is 4. The lowest BCUT2D eigenvalue weighted by atomic mass is 10.1. The van der Waals surface area contributed by atoms with Gasteiger partial charge in [0.05, 0.1) is 6.04 Å². The normalized spacial score (nSPS) is 13.3. The van der Waals surface area contributed by atoms with E-state index < -0.39 is 29.6 Å². The smallest absolute Gasteiger partial charge is 0.257 e. The Kier molecular flexibility index (Phi) is 3.23. The Balaban J connectivity index is 3.20. The van der Waals surface area contributed by atoms with Crippen molar-refractivity contribution in [2.24, 2.45) is 5.73 Å². The van der Waals surface area contributed by atoms with Gasteiger partial charge in [0.2, 0.25) is 0 Å². The summed E-state index contributed by atoms with van der Waals surface area (Å²) in [5, 5.41) is 9.00. The molecule has 6 heteroatoms. The first kappa shape index (κ1) is 11.1. The largest absolute Gasteiger partial charge is 0.505 e. The standard InChI is InChI=1S/C8H7ClF3NO/c9-3-1-4(6(13)8(11)12)7(14)5(10)2-3/h1-2,6,8,14H,13H2/t6-/m1/s1. The molecule has 0 amide bonds. The maximum Gasteiger partial charge on any atom is 0.257 e. The molecule has 0 fully saturated rings. The first-order chi connectivity index (χ1) is 6.43. The number of phenolic OH excluding ortho intramolecular Hbond substituents is 1. The molecule has 0 aliphatic heterocycles. The van der Waals surface area contributed by atoms with Crippen LogP contribution >= 0.6 is 11.6 Å². The molecule has 0 radical (unpaired) electrons. The zero-order valence-corrected chi connectivity index (χ0v) is 7.60. The summed E-state index contributed by atoms with van der Waals surface area (Å²) >= 11 is 5.42. The topological polar surface area (TPSA) is 46.2 Å². The van der Waals surface area contributed by atoms with Crippen molar-refractivity contribution in [3.8, 4) is 5.75 Å². The molecule has 1 aromatic rings. The molecule has 0 unspecified atom stereocenters. The van der Waals surface area contributed by atoms with Crippen LogP contribution in [0.25, 0.3) is 0 Å². The third-order valence-electron chi connectivity index (χ3n) is 1.69. The van der Waals surface area contributed by atoms with Crippen molar-refractivity contribution in [1.29, 1.82) is 0 Å². The Labute approximate surface area is 83.1 Å². The van der Waals surface area contributed by atoms with Crippen LogP contribution in [0.2, 0.25) is 5.02 Å². The van der Waals surface area contributed by atoms with Crippen LogP contribution in [-0.4, -0.2) is 11.5 Å². The summed E-state index contributed by atoms with van der Waals surface area (Å²) in [6, 6.07) is 0.0817. The molecule has 0 heterocycles. The molecule has 0 aromatic heterocycles. The number of benzene rings is 1. The van der Waals surface area contributed by atoms with Gasteiger partial charge in [0.1, 0.15) is 0 Å². The summed E-state index contributed by atoms with van der Waals surface area (Å²) in [5.41, 5.74) is 4.64. The minimum absolute atomic E-state index is 0.0913. The molecule has 0 bridgehead atoms. The Bertz CT molecular complexity index is 346. The Hall–Kier alpha value is -0.940. The van der Waals surface area contributed by atoms with Gasteiger partial charge >= 0.3 is 0 Å². The summed E-state index contributed by atoms with van der Waals surface area (Å²) in [6.45, 7) is 0. The molecule has 1 rings (SSSR count). The molecule has 3 N–H and O–H groups in total. The van der Waals surface area contributed by atoms with Crippen molar-refractivity contribution < 1.29 is 18.3 Å². The molecular weight excluding hydrogens is 219 g/mol. The highest BCUT2D eigenvalue weighted by molar-refractivity contribution is 6.30. The Morgan fingerprint density at radius 3 is 2.43 bits per heavy atom. The monoisotopic (exact) mass is 225 g/mol. The second kappa shape index (κ2) is 4.06. The van der Waals surface area contributed by atoms with Crippen LogP contribution in [-0.2, 0) is 0 Å². The lowest BCUT2D eigenvalue weighted by Crippen LogP contribution is -2.19. The number of nitrogens with two attached hydrogens (primary N) is 1. The average molecular weight is 226 g/mol. The zero-order valence-electron chi connectivity index (χ0n) is 6.85. The molecule has 0 spiro atoms. The molecule has 2 nitrogen and oxygen atoms in total. The SMILES string of the molecule is N[C@H](c1cc(Cl)cc(F)c1O)C(F)F. The van der Waals surface area contributed by atoms with Gasteiger partial charge in [-0.05, 0) is 12.1 Å². The van der Waals surface area contributed by atoms with Gasteiger partial charge in [0, 0.05) is 10.6 Å². The second-order valence-corrected chi connectivity index (χ2v) is 3.12. The van der Waals surface area contributed by atoms with E-state index in [1.807, 2.05) is 0 Å². The van der Waals surface area contributed by atoms with Gasteiger partial charge in [0.15, 0.2) is 11.6 Å². The number of aromatic hydroxyl groups is 1. The first-order valence-electron chi connectivity index (χ1n) is 3.65. The van der Waals surface area contributed by atoms with E-state index in [0.29, 0.717) is 0 Å². The van der Waals surface area contributed by atoms with Crippen LogP contribution in [0, 0.1) is 5.82 Å². The third kappa shape index (κ3) is 2.10. The molecular formula is C8H7ClF3NO. The Morgan fingerprint density at radius 2 is 1.93 bits per heavy atom. The van der Waals surface area contributed by atoms with Crippen molar-refractivity contribution in [3.05, 3.63) is 28.5 Å². The number of phenols is 1. The van der Waals surface area contributed by atoms with Crippen molar-refractivity contribution in [3.63, 3.8) is 0 Å². The summed E-state index contributed by atoms with van der Waals surface area (Å²) in [4.78, 5) is 0. The van der Waals surface area contributed by atoms with Crippen LogP contribution in [0.1, 0.15) is 11.6 Å². The molecule has 14 heavy (non-hydrogen) atoms. The van der Waals surface area contributed by atoms with E-state index in [9.17, 15) is 13.2 Å². The van der Waals surface area contributed by atoms with E-state index in [-0.39, 0.29) is 5.02 Å². The predicted octanol–water partition coefficient (Wildman–Crippen LogP) is 2.45. The van der Waals surface area contributed by atoms with E-state index in [0.717, 1.165) is 12.1 Å². The van der Waals surface area contributed by atoms with Crippen LogP contribution < -0.4 is 5.73 Å². The highest BCUT2D eigenvalue weighted by Gasteiger charge is 2.23. The van der Waals surface area contributed by atoms with Gasteiger partial charge in [-0.1, -0.05) is 11.6 Å². The van der Waals surface area contributed by atoms with Crippen molar-refractivity contribution in [1.82, 2.24) is 0 Å². The fourth-order valence-electron chi connectivity index (χ4n) is 0.976. The molecule has 0 saturated heterocycles. The molecule has 0 aliphatic rings. The molecule has 1 atom stereocenters. The van der Waals surface area contributed by atoms with E-state index in [2.05, 4.69) is 0 Å². The molecule has 78 valence electrons. The molecule has 0 saturated carbocycles. The molecule has 1 aromatic carbocycles. The number of alkyl halides is 2. The average Bonchev–Trinajstić information content (AvgIpc) is 2.09. The summed E-state index contributed by atoms with van der Waals surface area (Å²) in [7, 11) is 0. The number of rotatable bonds is 2. The summed E-state index contributed by atoms with van der Waals surface area (Å²) in [5.74, 6) is -1.95. The predicted molar refractivity (Wildman–Crippen MR) is 46.0 cm³/mol. The van der Waals surface area contributed by atoms with Crippen LogP contribution in [0.4, 0.5) is 13.2 Å². The van der Waals surface area contributed by atoms with E-state index in [4.69, 9.17) is 22.4 Å². The fourth-order valence-corrected chi connectivity index (χ4v) is 1.19. The van der Waals surface area contributed by atoms with Gasteiger partial charge in [-0.15, -0.1) is 0 Å². The van der Waals surface area contributed by atoms with E-state index >= 15 is 0 Å². The van der Waals surface area contributed by atoms with Gasteiger partial charge < -0.3 is 10.8 Å². The highest BCUT2D eigenvalue weighted by Crippen LogP contribution is 2.31. The van der Waals surface area contributed by atoms with Crippen LogP contribution in [0.15, 0.2) is 12.1 Å². The van der Waals surface area contributed by atoms with E-state index in [1.165, 1.54) is 0 Å². The second-order valence-electron chi connectivity index (χ2n) is 2.69. The van der Waals surface area contributed by atoms with Gasteiger partial charge in [-0.3, -0.25) is 0 Å².